The summed E-state index contributed by atoms with van der Waals surface area (Å²) in [5, 5.41) is 4.52. The van der Waals surface area contributed by atoms with Crippen LogP contribution in [0.25, 0.3) is 21.9 Å². The third kappa shape index (κ3) is 2.78. The highest BCUT2D eigenvalue weighted by atomic mass is 16.3. The summed E-state index contributed by atoms with van der Waals surface area (Å²) in [6, 6.07) is 16.0. The quantitative estimate of drug-likeness (QED) is 0.600. The highest BCUT2D eigenvalue weighted by Gasteiger charge is 2.10. The molecular formula is C20H17NO2. The SMILES string of the molecule is Cc1ccc(C)c(-c2ccc3cc(C(=O)N=O)cc(C)c3c2)c1. The highest BCUT2D eigenvalue weighted by Crippen LogP contribution is 2.30. The summed E-state index contributed by atoms with van der Waals surface area (Å²) < 4.78 is 0. The maximum Gasteiger partial charge on any atom is 0.316 e. The first-order chi connectivity index (χ1) is 11.0. The van der Waals surface area contributed by atoms with Crippen LogP contribution in [0.4, 0.5) is 0 Å². The molecule has 3 rings (SSSR count). The van der Waals surface area contributed by atoms with E-state index in [0.29, 0.717) is 5.56 Å². The van der Waals surface area contributed by atoms with E-state index < -0.39 is 5.91 Å². The Morgan fingerprint density at radius 3 is 2.39 bits per heavy atom. The number of carbonyl (C=O) groups excluding carboxylic acids is 1. The second kappa shape index (κ2) is 5.76. The third-order valence-electron chi connectivity index (χ3n) is 4.20. The number of carbonyl (C=O) groups is 1. The molecule has 3 nitrogen and oxygen atoms in total. The Hall–Kier alpha value is -2.81. The van der Waals surface area contributed by atoms with Crippen LogP contribution in [-0.2, 0) is 0 Å². The van der Waals surface area contributed by atoms with Crippen molar-refractivity contribution < 1.29 is 4.79 Å². The van der Waals surface area contributed by atoms with Gasteiger partial charge in [-0.15, -0.1) is 4.91 Å². The van der Waals surface area contributed by atoms with Gasteiger partial charge in [0.1, 0.15) is 0 Å². The van der Waals surface area contributed by atoms with Gasteiger partial charge < -0.3 is 0 Å². The van der Waals surface area contributed by atoms with Crippen LogP contribution in [0.3, 0.4) is 0 Å². The Bertz CT molecular complexity index is 942. The number of rotatable bonds is 2. The molecule has 0 heterocycles. The van der Waals surface area contributed by atoms with Gasteiger partial charge in [0.05, 0.1) is 0 Å². The largest absolute Gasteiger partial charge is 0.316 e. The van der Waals surface area contributed by atoms with Crippen molar-refractivity contribution in [2.45, 2.75) is 20.8 Å². The minimum Gasteiger partial charge on any atom is -0.263 e. The lowest BCUT2D eigenvalue weighted by atomic mass is 9.94. The molecule has 3 heteroatoms. The zero-order chi connectivity index (χ0) is 16.6. The first kappa shape index (κ1) is 15.1. The van der Waals surface area contributed by atoms with E-state index in [-0.39, 0.29) is 0 Å². The first-order valence-electron chi connectivity index (χ1n) is 7.49. The number of hydrogen-bond donors (Lipinski definition) is 0. The fraction of sp³-hybridized carbons (Fsp3) is 0.150. The van der Waals surface area contributed by atoms with Gasteiger partial charge in [-0.2, -0.15) is 0 Å². The Morgan fingerprint density at radius 2 is 1.65 bits per heavy atom. The fourth-order valence-corrected chi connectivity index (χ4v) is 2.93. The fourth-order valence-electron chi connectivity index (χ4n) is 2.93. The van der Waals surface area contributed by atoms with Crippen LogP contribution in [0.5, 0.6) is 0 Å². The van der Waals surface area contributed by atoms with E-state index in [0.717, 1.165) is 21.9 Å². The van der Waals surface area contributed by atoms with Crippen molar-refractivity contribution >= 4 is 16.7 Å². The molecular weight excluding hydrogens is 286 g/mol. The highest BCUT2D eigenvalue weighted by molar-refractivity contribution is 6.01. The maximum atomic E-state index is 11.5. The van der Waals surface area contributed by atoms with E-state index in [2.05, 4.69) is 43.3 Å². The van der Waals surface area contributed by atoms with Crippen LogP contribution in [0.1, 0.15) is 27.0 Å². The molecule has 0 N–H and O–H groups in total. The van der Waals surface area contributed by atoms with Crippen LogP contribution in [0, 0.1) is 25.7 Å². The summed E-state index contributed by atoms with van der Waals surface area (Å²) in [5.74, 6) is -0.728. The van der Waals surface area contributed by atoms with Crippen LogP contribution >= 0.6 is 0 Å². The van der Waals surface area contributed by atoms with E-state index in [4.69, 9.17) is 0 Å². The van der Waals surface area contributed by atoms with Gasteiger partial charge in [-0.05, 0) is 72.0 Å². The normalized spacial score (nSPS) is 10.7. The van der Waals surface area contributed by atoms with Crippen molar-refractivity contribution in [1.29, 1.82) is 0 Å². The summed E-state index contributed by atoms with van der Waals surface area (Å²) in [7, 11) is 0. The monoisotopic (exact) mass is 303 g/mol. The van der Waals surface area contributed by atoms with Crippen molar-refractivity contribution in [3.8, 4) is 11.1 Å². The third-order valence-corrected chi connectivity index (χ3v) is 4.20. The van der Waals surface area contributed by atoms with Gasteiger partial charge in [0.25, 0.3) is 0 Å². The van der Waals surface area contributed by atoms with Crippen molar-refractivity contribution in [3.05, 3.63) is 75.7 Å². The van der Waals surface area contributed by atoms with Crippen molar-refractivity contribution in [2.24, 2.45) is 5.18 Å². The number of fused-ring (bicyclic) bond motifs is 1. The second-order valence-corrected chi connectivity index (χ2v) is 5.94. The van der Waals surface area contributed by atoms with Crippen LogP contribution < -0.4 is 0 Å². The molecule has 0 atom stereocenters. The van der Waals surface area contributed by atoms with E-state index in [9.17, 15) is 9.70 Å². The summed E-state index contributed by atoms with van der Waals surface area (Å²) in [6.45, 7) is 6.12. The molecule has 3 aromatic carbocycles. The van der Waals surface area contributed by atoms with Gasteiger partial charge in [0, 0.05) is 10.7 Å². The van der Waals surface area contributed by atoms with Crippen molar-refractivity contribution in [2.75, 3.05) is 0 Å². The lowest BCUT2D eigenvalue weighted by Crippen LogP contribution is -1.95. The molecule has 23 heavy (non-hydrogen) atoms. The van der Waals surface area contributed by atoms with Gasteiger partial charge in [-0.25, -0.2) is 0 Å². The maximum absolute atomic E-state index is 11.5. The number of benzene rings is 3. The first-order valence-corrected chi connectivity index (χ1v) is 7.49. The molecule has 0 saturated heterocycles. The summed E-state index contributed by atoms with van der Waals surface area (Å²) in [4.78, 5) is 22.0. The summed E-state index contributed by atoms with van der Waals surface area (Å²) in [5.41, 5.74) is 6.10. The summed E-state index contributed by atoms with van der Waals surface area (Å²) in [6.07, 6.45) is 0. The Balaban J connectivity index is 2.20. The average molecular weight is 303 g/mol. The van der Waals surface area contributed by atoms with Crippen LogP contribution in [-0.4, -0.2) is 5.91 Å². The molecule has 1 amide bonds. The number of nitroso groups, excluding NO2 is 1. The summed E-state index contributed by atoms with van der Waals surface area (Å²) >= 11 is 0. The molecule has 0 aliphatic rings. The van der Waals surface area contributed by atoms with Crippen LogP contribution in [0.2, 0.25) is 0 Å². The lowest BCUT2D eigenvalue weighted by molar-refractivity contribution is 0.100. The second-order valence-electron chi connectivity index (χ2n) is 5.94. The van der Waals surface area contributed by atoms with E-state index in [1.54, 1.807) is 12.1 Å². The Morgan fingerprint density at radius 1 is 0.870 bits per heavy atom. The molecule has 0 aromatic heterocycles. The number of nitrogens with zero attached hydrogens (tertiary/aromatic N) is 1. The number of amides is 1. The average Bonchev–Trinajstić information content (AvgIpc) is 2.56. The van der Waals surface area contributed by atoms with E-state index in [1.807, 2.05) is 19.1 Å². The Labute approximate surface area is 134 Å². The molecule has 0 unspecified atom stereocenters. The predicted molar refractivity (Wildman–Crippen MR) is 93.7 cm³/mol. The van der Waals surface area contributed by atoms with Gasteiger partial charge in [-0.3, -0.25) is 4.79 Å². The lowest BCUT2D eigenvalue weighted by Gasteiger charge is -2.11. The predicted octanol–water partition coefficient (Wildman–Crippen LogP) is 5.34. The standard InChI is InChI=1S/C20H17NO2/c1-12-4-5-13(2)18(8-12)16-7-6-15-10-17(20(22)21-23)9-14(3)19(15)11-16/h4-11H,1-3H3. The van der Waals surface area contributed by atoms with Gasteiger partial charge >= 0.3 is 5.91 Å². The molecule has 0 bridgehead atoms. The Kier molecular flexibility index (Phi) is 3.78. The molecule has 0 saturated carbocycles. The van der Waals surface area contributed by atoms with Crippen LogP contribution in [0.15, 0.2) is 53.7 Å². The molecule has 0 fully saturated rings. The smallest absolute Gasteiger partial charge is 0.263 e. The van der Waals surface area contributed by atoms with E-state index in [1.165, 1.54) is 16.7 Å². The minimum atomic E-state index is -0.728. The molecule has 0 radical (unpaired) electrons. The molecule has 114 valence electrons. The molecule has 3 aromatic rings. The number of aryl methyl sites for hydroxylation is 3. The van der Waals surface area contributed by atoms with Crippen molar-refractivity contribution in [3.63, 3.8) is 0 Å². The van der Waals surface area contributed by atoms with Crippen molar-refractivity contribution in [1.82, 2.24) is 0 Å². The minimum absolute atomic E-state index is 0.337. The molecule has 0 spiro atoms. The molecule has 0 aliphatic carbocycles. The number of hydrogen-bond acceptors (Lipinski definition) is 2. The van der Waals surface area contributed by atoms with Gasteiger partial charge in [-0.1, -0.05) is 35.9 Å². The van der Waals surface area contributed by atoms with E-state index >= 15 is 0 Å². The molecule has 0 aliphatic heterocycles. The zero-order valence-corrected chi connectivity index (χ0v) is 13.4. The van der Waals surface area contributed by atoms with Gasteiger partial charge in [0.15, 0.2) is 0 Å². The zero-order valence-electron chi connectivity index (χ0n) is 13.4. The topological polar surface area (TPSA) is 46.5 Å². The van der Waals surface area contributed by atoms with Gasteiger partial charge in [0.2, 0.25) is 0 Å².